The van der Waals surface area contributed by atoms with Crippen molar-refractivity contribution in [1.82, 2.24) is 4.90 Å². The van der Waals surface area contributed by atoms with Crippen molar-refractivity contribution in [1.29, 1.82) is 0 Å². The zero-order valence-corrected chi connectivity index (χ0v) is 8.08. The first-order valence-corrected chi connectivity index (χ1v) is 4.58. The van der Waals surface area contributed by atoms with Gasteiger partial charge < -0.3 is 4.74 Å². The van der Waals surface area contributed by atoms with Crippen LogP contribution in [-0.4, -0.2) is 36.5 Å². The first kappa shape index (κ1) is 10.0. The average Bonchev–Trinajstić information content (AvgIpc) is 2.63. The van der Waals surface area contributed by atoms with Gasteiger partial charge >= 0.3 is 6.09 Å². The van der Waals surface area contributed by atoms with Crippen molar-refractivity contribution in [2.75, 3.05) is 13.7 Å². The van der Waals surface area contributed by atoms with Crippen LogP contribution in [0.4, 0.5) is 4.79 Å². The summed E-state index contributed by atoms with van der Waals surface area (Å²) < 4.78 is 4.59. The number of hydrogen-bond acceptors (Lipinski definition) is 3. The average molecular weight is 185 g/mol. The maximum Gasteiger partial charge on any atom is 0.410 e. The minimum Gasteiger partial charge on any atom is -0.453 e. The number of likely N-dealkylation sites (tertiary alicyclic amines) is 1. The van der Waals surface area contributed by atoms with Crippen LogP contribution in [0.25, 0.3) is 0 Å². The SMILES string of the molecule is CCC(=O)C1CCCN1C(=O)OC. The van der Waals surface area contributed by atoms with E-state index in [2.05, 4.69) is 4.74 Å². The molecule has 1 saturated heterocycles. The Morgan fingerprint density at radius 1 is 1.54 bits per heavy atom. The van der Waals surface area contributed by atoms with Crippen LogP contribution in [-0.2, 0) is 9.53 Å². The summed E-state index contributed by atoms with van der Waals surface area (Å²) in [4.78, 5) is 24.1. The number of carbonyl (C=O) groups excluding carboxylic acids is 2. The summed E-state index contributed by atoms with van der Waals surface area (Å²) in [5.74, 6) is 0.128. The van der Waals surface area contributed by atoms with Crippen LogP contribution in [0, 0.1) is 0 Å². The Balaban J connectivity index is 2.63. The van der Waals surface area contributed by atoms with Crippen LogP contribution < -0.4 is 0 Å². The predicted molar refractivity (Wildman–Crippen MR) is 47.4 cm³/mol. The number of methoxy groups -OCH3 is 1. The third-order valence-electron chi connectivity index (χ3n) is 2.38. The van der Waals surface area contributed by atoms with Crippen molar-refractivity contribution in [2.45, 2.75) is 32.2 Å². The van der Waals surface area contributed by atoms with Crippen molar-refractivity contribution < 1.29 is 14.3 Å². The van der Waals surface area contributed by atoms with Crippen molar-refractivity contribution >= 4 is 11.9 Å². The van der Waals surface area contributed by atoms with Crippen LogP contribution >= 0.6 is 0 Å². The van der Waals surface area contributed by atoms with E-state index in [1.807, 2.05) is 6.92 Å². The molecule has 74 valence electrons. The molecule has 1 aliphatic rings. The van der Waals surface area contributed by atoms with E-state index in [4.69, 9.17) is 0 Å². The minimum atomic E-state index is -0.385. The number of carbonyl (C=O) groups is 2. The molecule has 0 aromatic carbocycles. The second-order valence-electron chi connectivity index (χ2n) is 3.14. The smallest absolute Gasteiger partial charge is 0.410 e. The lowest BCUT2D eigenvalue weighted by molar-refractivity contribution is -0.122. The van der Waals surface area contributed by atoms with Gasteiger partial charge in [0.05, 0.1) is 13.2 Å². The lowest BCUT2D eigenvalue weighted by atomic mass is 10.1. The minimum absolute atomic E-state index is 0.128. The van der Waals surface area contributed by atoms with Crippen molar-refractivity contribution in [3.05, 3.63) is 0 Å². The highest BCUT2D eigenvalue weighted by atomic mass is 16.5. The number of rotatable bonds is 2. The Hall–Kier alpha value is -1.06. The number of ketones is 1. The number of hydrogen-bond donors (Lipinski definition) is 0. The zero-order chi connectivity index (χ0) is 9.84. The zero-order valence-electron chi connectivity index (χ0n) is 8.08. The number of ether oxygens (including phenoxy) is 1. The van der Waals surface area contributed by atoms with Gasteiger partial charge in [0, 0.05) is 13.0 Å². The second kappa shape index (κ2) is 4.25. The third-order valence-corrected chi connectivity index (χ3v) is 2.38. The maximum atomic E-state index is 11.4. The number of nitrogens with zero attached hydrogens (tertiary/aromatic N) is 1. The molecule has 13 heavy (non-hydrogen) atoms. The fourth-order valence-electron chi connectivity index (χ4n) is 1.67. The molecule has 0 spiro atoms. The van der Waals surface area contributed by atoms with Gasteiger partial charge in [-0.25, -0.2) is 4.79 Å². The van der Waals surface area contributed by atoms with Crippen LogP contribution in [0.5, 0.6) is 0 Å². The van der Waals surface area contributed by atoms with Crippen molar-refractivity contribution in [3.63, 3.8) is 0 Å². The van der Waals surface area contributed by atoms with Crippen LogP contribution in [0.3, 0.4) is 0 Å². The topological polar surface area (TPSA) is 46.6 Å². The number of Topliss-reactive ketones (excluding diaryl/α,β-unsaturated/α-hetero) is 1. The van der Waals surface area contributed by atoms with E-state index < -0.39 is 0 Å². The fraction of sp³-hybridized carbons (Fsp3) is 0.778. The van der Waals surface area contributed by atoms with Gasteiger partial charge in [-0.05, 0) is 12.8 Å². The van der Waals surface area contributed by atoms with Crippen LogP contribution in [0.15, 0.2) is 0 Å². The standard InChI is InChI=1S/C9H15NO3/c1-3-8(11)7-5-4-6-10(7)9(12)13-2/h7H,3-6H2,1-2H3. The molecule has 0 saturated carbocycles. The molecule has 1 heterocycles. The highest BCUT2D eigenvalue weighted by Gasteiger charge is 2.33. The predicted octanol–water partition coefficient (Wildman–Crippen LogP) is 1.20. The Kier molecular flexibility index (Phi) is 3.28. The molecule has 0 N–H and O–H groups in total. The summed E-state index contributed by atoms with van der Waals surface area (Å²) in [7, 11) is 1.34. The summed E-state index contributed by atoms with van der Waals surface area (Å²) in [5, 5.41) is 0. The molecule has 4 nitrogen and oxygen atoms in total. The molecule has 1 atom stereocenters. The third kappa shape index (κ3) is 1.99. The normalized spacial score (nSPS) is 21.7. The van der Waals surface area contributed by atoms with E-state index in [0.29, 0.717) is 13.0 Å². The van der Waals surface area contributed by atoms with Gasteiger partial charge in [0.1, 0.15) is 0 Å². The van der Waals surface area contributed by atoms with Crippen LogP contribution in [0.2, 0.25) is 0 Å². The molecule has 0 bridgehead atoms. The molecule has 1 aliphatic heterocycles. The molecule has 0 radical (unpaired) electrons. The van der Waals surface area contributed by atoms with Crippen molar-refractivity contribution in [2.24, 2.45) is 0 Å². The molecule has 1 fully saturated rings. The highest BCUT2D eigenvalue weighted by molar-refractivity contribution is 5.87. The molecule has 0 aromatic heterocycles. The fourth-order valence-corrected chi connectivity index (χ4v) is 1.67. The Morgan fingerprint density at radius 2 is 2.23 bits per heavy atom. The number of amides is 1. The maximum absolute atomic E-state index is 11.4. The molecule has 1 rings (SSSR count). The largest absolute Gasteiger partial charge is 0.453 e. The van der Waals surface area contributed by atoms with E-state index in [9.17, 15) is 9.59 Å². The second-order valence-corrected chi connectivity index (χ2v) is 3.14. The molecule has 0 aliphatic carbocycles. The van der Waals surface area contributed by atoms with E-state index in [1.54, 1.807) is 0 Å². The molecule has 4 heteroatoms. The first-order chi connectivity index (χ1) is 6.20. The molecular weight excluding hydrogens is 170 g/mol. The van der Waals surface area contributed by atoms with Gasteiger partial charge in [-0.1, -0.05) is 6.92 Å². The van der Waals surface area contributed by atoms with Gasteiger partial charge in [-0.2, -0.15) is 0 Å². The Bertz CT molecular complexity index is 193. The first-order valence-electron chi connectivity index (χ1n) is 4.58. The lowest BCUT2D eigenvalue weighted by Gasteiger charge is -2.21. The summed E-state index contributed by atoms with van der Waals surface area (Å²) in [6.45, 7) is 2.46. The van der Waals surface area contributed by atoms with Gasteiger partial charge in [0.15, 0.2) is 5.78 Å². The Morgan fingerprint density at radius 3 is 2.77 bits per heavy atom. The van der Waals surface area contributed by atoms with Crippen LogP contribution in [0.1, 0.15) is 26.2 Å². The van der Waals surface area contributed by atoms with Crippen molar-refractivity contribution in [3.8, 4) is 0 Å². The molecule has 0 aromatic rings. The van der Waals surface area contributed by atoms with Gasteiger partial charge in [-0.3, -0.25) is 9.69 Å². The van der Waals surface area contributed by atoms with E-state index in [-0.39, 0.29) is 17.9 Å². The Labute approximate surface area is 77.8 Å². The van der Waals surface area contributed by atoms with Gasteiger partial charge in [0.25, 0.3) is 0 Å². The monoisotopic (exact) mass is 185 g/mol. The highest BCUT2D eigenvalue weighted by Crippen LogP contribution is 2.19. The van der Waals surface area contributed by atoms with E-state index >= 15 is 0 Å². The molecule has 1 amide bonds. The summed E-state index contributed by atoms with van der Waals surface area (Å²) in [6, 6.07) is -0.238. The lowest BCUT2D eigenvalue weighted by Crippen LogP contribution is -2.40. The van der Waals surface area contributed by atoms with E-state index in [1.165, 1.54) is 12.0 Å². The van der Waals surface area contributed by atoms with Gasteiger partial charge in [0.2, 0.25) is 0 Å². The van der Waals surface area contributed by atoms with E-state index in [0.717, 1.165) is 12.8 Å². The summed E-state index contributed by atoms with van der Waals surface area (Å²) in [6.07, 6.45) is 1.77. The van der Waals surface area contributed by atoms with Gasteiger partial charge in [-0.15, -0.1) is 0 Å². The molecule has 1 unspecified atom stereocenters. The quantitative estimate of drug-likeness (QED) is 0.649. The molecular formula is C9H15NO3. The summed E-state index contributed by atoms with van der Waals surface area (Å²) >= 11 is 0. The summed E-state index contributed by atoms with van der Waals surface area (Å²) in [5.41, 5.74) is 0.